The number of methoxy groups -OCH3 is 1. The Labute approximate surface area is 80.6 Å². The first-order valence-corrected chi connectivity index (χ1v) is 4.25. The molecule has 0 unspecified atom stereocenters. The fourth-order valence-electron chi connectivity index (χ4n) is 1.48. The predicted octanol–water partition coefficient (Wildman–Crippen LogP) is 1.24. The van der Waals surface area contributed by atoms with Gasteiger partial charge in [-0.15, -0.1) is 0 Å². The van der Waals surface area contributed by atoms with Crippen molar-refractivity contribution in [2.45, 2.75) is 6.92 Å². The van der Waals surface area contributed by atoms with Gasteiger partial charge in [0.2, 0.25) is 0 Å². The molecule has 0 bridgehead atoms. The first-order valence-electron chi connectivity index (χ1n) is 4.25. The summed E-state index contributed by atoms with van der Waals surface area (Å²) in [5.74, 6) is 0.798. The fraction of sp³-hybridized carbons (Fsp3) is 0.200. The van der Waals surface area contributed by atoms with E-state index in [-0.39, 0.29) is 5.69 Å². The zero-order valence-electron chi connectivity index (χ0n) is 8.00. The van der Waals surface area contributed by atoms with Crippen LogP contribution in [-0.4, -0.2) is 17.1 Å². The van der Waals surface area contributed by atoms with Crippen LogP contribution in [0, 0.1) is 6.92 Å². The molecule has 1 aromatic heterocycles. The second-order valence-electron chi connectivity index (χ2n) is 3.04. The summed E-state index contributed by atoms with van der Waals surface area (Å²) in [6.45, 7) is 1.93. The molecule has 14 heavy (non-hydrogen) atoms. The van der Waals surface area contributed by atoms with Crippen LogP contribution in [0.25, 0.3) is 10.9 Å². The van der Waals surface area contributed by atoms with Crippen LogP contribution < -0.4 is 10.4 Å². The average Bonchev–Trinajstić information content (AvgIpc) is 2.18. The highest BCUT2D eigenvalue weighted by Gasteiger charge is 2.03. The van der Waals surface area contributed by atoms with Crippen LogP contribution in [0.3, 0.4) is 0 Å². The molecule has 0 saturated carbocycles. The number of fused-ring (bicyclic) bond motifs is 1. The molecule has 0 fully saturated rings. The van der Waals surface area contributed by atoms with E-state index >= 15 is 0 Å². The predicted molar refractivity (Wildman–Crippen MR) is 53.7 cm³/mol. The summed E-state index contributed by atoms with van der Waals surface area (Å²) in [6, 6.07) is 3.64. The molecule has 0 atom stereocenters. The topological polar surface area (TPSA) is 55.0 Å². The van der Waals surface area contributed by atoms with Crippen LogP contribution in [0.1, 0.15) is 5.56 Å². The number of rotatable bonds is 1. The third kappa shape index (κ3) is 1.25. The molecule has 4 heteroatoms. The molecule has 2 rings (SSSR count). The smallest absolute Gasteiger partial charge is 0.345 e. The molecule has 0 aliphatic carbocycles. The van der Waals surface area contributed by atoms with Crippen LogP contribution in [-0.2, 0) is 0 Å². The van der Waals surface area contributed by atoms with Crippen molar-refractivity contribution in [1.29, 1.82) is 0 Å². The highest BCUT2D eigenvalue weighted by molar-refractivity contribution is 5.83. The second kappa shape index (κ2) is 3.14. The summed E-state index contributed by atoms with van der Waals surface area (Å²) in [5, 5.41) is 0.906. The largest absolute Gasteiger partial charge is 0.496 e. The molecule has 0 radical (unpaired) electrons. The van der Waals surface area contributed by atoms with Crippen LogP contribution in [0.5, 0.6) is 5.75 Å². The van der Waals surface area contributed by atoms with Crippen molar-refractivity contribution in [3.8, 4) is 5.75 Å². The summed E-state index contributed by atoms with van der Waals surface area (Å²) in [5.41, 5.74) is 1.43. The molecule has 1 heterocycles. The maximum absolute atomic E-state index is 11.0. The molecule has 0 spiro atoms. The number of H-pyrrole nitrogens is 1. The minimum Gasteiger partial charge on any atom is -0.496 e. The number of hydrogen-bond donors (Lipinski definition) is 1. The van der Waals surface area contributed by atoms with Crippen molar-refractivity contribution in [1.82, 2.24) is 9.97 Å². The van der Waals surface area contributed by atoms with E-state index in [1.165, 1.54) is 0 Å². The SMILES string of the molecule is COc1ccc2[nH]c(=O)ncc2c1C. The molecule has 0 aliphatic heterocycles. The normalized spacial score (nSPS) is 10.4. The third-order valence-corrected chi connectivity index (χ3v) is 2.24. The van der Waals surface area contributed by atoms with E-state index in [0.717, 1.165) is 22.2 Å². The van der Waals surface area contributed by atoms with E-state index in [1.54, 1.807) is 13.3 Å². The molecule has 0 aliphatic rings. The third-order valence-electron chi connectivity index (χ3n) is 2.24. The monoisotopic (exact) mass is 190 g/mol. The van der Waals surface area contributed by atoms with Gasteiger partial charge in [-0.05, 0) is 19.1 Å². The Morgan fingerprint density at radius 2 is 2.21 bits per heavy atom. The van der Waals surface area contributed by atoms with Crippen molar-refractivity contribution < 1.29 is 4.74 Å². The number of ether oxygens (including phenoxy) is 1. The second-order valence-corrected chi connectivity index (χ2v) is 3.04. The molecular weight excluding hydrogens is 180 g/mol. The summed E-state index contributed by atoms with van der Waals surface area (Å²) in [7, 11) is 1.62. The Morgan fingerprint density at radius 1 is 1.43 bits per heavy atom. The van der Waals surface area contributed by atoms with Crippen molar-refractivity contribution in [2.75, 3.05) is 7.11 Å². The molecule has 1 N–H and O–H groups in total. The highest BCUT2D eigenvalue weighted by atomic mass is 16.5. The number of aromatic nitrogens is 2. The molecule has 4 nitrogen and oxygen atoms in total. The Balaban J connectivity index is 2.84. The van der Waals surface area contributed by atoms with E-state index in [2.05, 4.69) is 9.97 Å². The molecule has 2 aromatic rings. The van der Waals surface area contributed by atoms with E-state index in [0.29, 0.717) is 0 Å². The summed E-state index contributed by atoms with van der Waals surface area (Å²) in [6.07, 6.45) is 1.56. The first kappa shape index (κ1) is 8.74. The molecular formula is C10H10N2O2. The van der Waals surface area contributed by atoms with Gasteiger partial charge in [0.05, 0.1) is 12.6 Å². The molecule has 72 valence electrons. The molecule has 0 amide bonds. The van der Waals surface area contributed by atoms with Crippen LogP contribution in [0.4, 0.5) is 0 Å². The Morgan fingerprint density at radius 3 is 2.93 bits per heavy atom. The highest BCUT2D eigenvalue weighted by Crippen LogP contribution is 2.24. The van der Waals surface area contributed by atoms with Gasteiger partial charge in [-0.2, -0.15) is 0 Å². The Bertz CT molecular complexity index is 531. The summed E-state index contributed by atoms with van der Waals surface area (Å²) < 4.78 is 5.16. The lowest BCUT2D eigenvalue weighted by Gasteiger charge is -2.06. The maximum Gasteiger partial charge on any atom is 0.345 e. The lowest BCUT2D eigenvalue weighted by atomic mass is 10.1. The average molecular weight is 190 g/mol. The quantitative estimate of drug-likeness (QED) is 0.736. The van der Waals surface area contributed by atoms with Gasteiger partial charge in [0.25, 0.3) is 0 Å². The van der Waals surface area contributed by atoms with Crippen molar-refractivity contribution >= 4 is 10.9 Å². The van der Waals surface area contributed by atoms with Gasteiger partial charge in [0.1, 0.15) is 5.75 Å². The van der Waals surface area contributed by atoms with Crippen molar-refractivity contribution in [3.63, 3.8) is 0 Å². The minimum atomic E-state index is -0.331. The standard InChI is InChI=1S/C10H10N2O2/c1-6-7-5-11-10(13)12-8(7)3-4-9(6)14-2/h3-5H,1-2H3,(H,11,12,13). The Hall–Kier alpha value is -1.84. The van der Waals surface area contributed by atoms with Crippen LogP contribution in [0.2, 0.25) is 0 Å². The molecule has 0 saturated heterocycles. The number of nitrogens with one attached hydrogen (secondary N) is 1. The van der Waals surface area contributed by atoms with Crippen LogP contribution >= 0.6 is 0 Å². The van der Waals surface area contributed by atoms with Crippen LogP contribution in [0.15, 0.2) is 23.1 Å². The summed E-state index contributed by atoms with van der Waals surface area (Å²) in [4.78, 5) is 17.3. The number of benzene rings is 1. The van der Waals surface area contributed by atoms with Gasteiger partial charge in [-0.3, -0.25) is 0 Å². The van der Waals surface area contributed by atoms with Gasteiger partial charge in [0.15, 0.2) is 0 Å². The lowest BCUT2D eigenvalue weighted by Crippen LogP contribution is -2.08. The van der Waals surface area contributed by atoms with Crippen molar-refractivity contribution in [3.05, 3.63) is 34.4 Å². The van der Waals surface area contributed by atoms with Gasteiger partial charge in [0, 0.05) is 17.1 Å². The number of aryl methyl sites for hydroxylation is 1. The first-order chi connectivity index (χ1) is 6.72. The Kier molecular flexibility index (Phi) is 1.96. The zero-order chi connectivity index (χ0) is 10.1. The number of nitrogens with zero attached hydrogens (tertiary/aromatic N) is 1. The fourth-order valence-corrected chi connectivity index (χ4v) is 1.48. The van der Waals surface area contributed by atoms with Gasteiger partial charge < -0.3 is 9.72 Å². The number of hydrogen-bond acceptors (Lipinski definition) is 3. The lowest BCUT2D eigenvalue weighted by molar-refractivity contribution is 0.412. The van der Waals surface area contributed by atoms with Gasteiger partial charge in [-0.1, -0.05) is 0 Å². The molecule has 1 aromatic carbocycles. The summed E-state index contributed by atoms with van der Waals surface area (Å²) >= 11 is 0. The van der Waals surface area contributed by atoms with E-state index in [1.807, 2.05) is 19.1 Å². The maximum atomic E-state index is 11.0. The zero-order valence-corrected chi connectivity index (χ0v) is 8.00. The minimum absolute atomic E-state index is 0.331. The van der Waals surface area contributed by atoms with Gasteiger partial charge in [-0.25, -0.2) is 9.78 Å². The van der Waals surface area contributed by atoms with E-state index in [9.17, 15) is 4.79 Å². The van der Waals surface area contributed by atoms with Crippen molar-refractivity contribution in [2.24, 2.45) is 0 Å². The number of aromatic amines is 1. The van der Waals surface area contributed by atoms with E-state index in [4.69, 9.17) is 4.74 Å². The van der Waals surface area contributed by atoms with E-state index < -0.39 is 0 Å². The van der Waals surface area contributed by atoms with Gasteiger partial charge >= 0.3 is 5.69 Å².